The molecule has 0 atom stereocenters. The Hall–Kier alpha value is -1.46. The molecule has 0 radical (unpaired) electrons. The minimum Gasteiger partial charge on any atom is -0.388 e. The molecule has 0 fully saturated rings. The molecule has 0 saturated carbocycles. The Balaban J connectivity index is 1.74. The van der Waals surface area contributed by atoms with Gasteiger partial charge in [0.25, 0.3) is 0 Å². The molecule has 2 heterocycles. The zero-order valence-corrected chi connectivity index (χ0v) is 10.3. The van der Waals surface area contributed by atoms with Crippen molar-refractivity contribution in [3.63, 3.8) is 0 Å². The fourth-order valence-electron chi connectivity index (χ4n) is 2.23. The summed E-state index contributed by atoms with van der Waals surface area (Å²) in [7, 11) is 0. The molecule has 17 heavy (non-hydrogen) atoms. The van der Waals surface area contributed by atoms with E-state index >= 15 is 0 Å². The molecule has 3 rings (SSSR count). The molecule has 0 bridgehead atoms. The van der Waals surface area contributed by atoms with E-state index in [1.54, 1.807) is 0 Å². The van der Waals surface area contributed by atoms with Crippen molar-refractivity contribution in [3.05, 3.63) is 41.1 Å². The second kappa shape index (κ2) is 4.43. The number of aromatic nitrogens is 2. The van der Waals surface area contributed by atoms with Crippen LogP contribution in [-0.2, 0) is 19.5 Å². The van der Waals surface area contributed by atoms with Gasteiger partial charge in [-0.3, -0.25) is 4.90 Å². The van der Waals surface area contributed by atoms with Gasteiger partial charge in [0.15, 0.2) is 0 Å². The fourth-order valence-corrected chi connectivity index (χ4v) is 2.66. The number of nitrogens with two attached hydrogens (primary N) is 1. The van der Waals surface area contributed by atoms with Gasteiger partial charge in [0.2, 0.25) is 0 Å². The molecule has 2 aromatic rings. The predicted octanol–water partition coefficient (Wildman–Crippen LogP) is 1.68. The lowest BCUT2D eigenvalue weighted by molar-refractivity contribution is 0.243. The summed E-state index contributed by atoms with van der Waals surface area (Å²) in [6.07, 6.45) is 1.10. The molecule has 1 aliphatic heterocycles. The van der Waals surface area contributed by atoms with Crippen molar-refractivity contribution in [2.45, 2.75) is 19.5 Å². The number of rotatable bonds is 2. The minimum atomic E-state index is 0.740. The third kappa shape index (κ3) is 2.16. The van der Waals surface area contributed by atoms with E-state index in [2.05, 4.69) is 38.8 Å². The molecule has 0 saturated heterocycles. The lowest BCUT2D eigenvalue weighted by Crippen LogP contribution is -2.30. The summed E-state index contributed by atoms with van der Waals surface area (Å²) in [5.74, 6) is 0. The monoisotopic (exact) mass is 246 g/mol. The molecule has 4 nitrogen and oxygen atoms in total. The maximum Gasteiger partial charge on any atom is 0.132 e. The molecule has 2 N–H and O–H groups in total. The molecule has 1 aliphatic rings. The fraction of sp³-hybridized carbons (Fsp3) is 0.333. The van der Waals surface area contributed by atoms with Crippen molar-refractivity contribution in [2.24, 2.45) is 0 Å². The smallest absolute Gasteiger partial charge is 0.132 e. The maximum absolute atomic E-state index is 5.82. The molecular formula is C12H14N4S. The van der Waals surface area contributed by atoms with E-state index in [0.29, 0.717) is 0 Å². The molecule has 1 aromatic carbocycles. The number of fused-ring (bicyclic) bond motifs is 1. The highest BCUT2D eigenvalue weighted by molar-refractivity contribution is 7.09. The van der Waals surface area contributed by atoms with Crippen LogP contribution in [0.15, 0.2) is 24.3 Å². The van der Waals surface area contributed by atoms with Crippen LogP contribution < -0.4 is 5.73 Å². The van der Waals surface area contributed by atoms with Gasteiger partial charge in [-0.1, -0.05) is 28.8 Å². The van der Waals surface area contributed by atoms with Crippen molar-refractivity contribution in [1.82, 2.24) is 14.5 Å². The second-order valence-corrected chi connectivity index (χ2v) is 5.10. The number of hydrogen-bond acceptors (Lipinski definition) is 5. The van der Waals surface area contributed by atoms with E-state index in [1.807, 2.05) is 0 Å². The van der Waals surface area contributed by atoms with E-state index in [0.717, 1.165) is 36.8 Å². The Labute approximate surface area is 104 Å². The molecule has 0 unspecified atom stereocenters. The molecule has 0 amide bonds. The Morgan fingerprint density at radius 2 is 2.12 bits per heavy atom. The topological polar surface area (TPSA) is 55.0 Å². The van der Waals surface area contributed by atoms with Gasteiger partial charge in [-0.25, -0.2) is 0 Å². The summed E-state index contributed by atoms with van der Waals surface area (Å²) >= 11 is 1.27. The van der Waals surface area contributed by atoms with E-state index in [1.165, 1.54) is 22.7 Å². The Kier molecular flexibility index (Phi) is 2.78. The number of hydrogen-bond donors (Lipinski definition) is 1. The summed E-state index contributed by atoms with van der Waals surface area (Å²) in [6, 6.07) is 8.62. The number of nitrogen functional groups attached to an aromatic ring is 1. The predicted molar refractivity (Wildman–Crippen MR) is 68.6 cm³/mol. The van der Waals surface area contributed by atoms with Crippen LogP contribution in [0.2, 0.25) is 0 Å². The quantitative estimate of drug-likeness (QED) is 0.876. The normalized spacial score (nSPS) is 15.8. The summed E-state index contributed by atoms with van der Waals surface area (Å²) in [4.78, 5) is 2.37. The van der Waals surface area contributed by atoms with E-state index in [-0.39, 0.29) is 0 Å². The Morgan fingerprint density at radius 1 is 1.29 bits per heavy atom. The third-order valence-corrected chi connectivity index (χ3v) is 3.76. The highest BCUT2D eigenvalue weighted by Gasteiger charge is 2.17. The largest absolute Gasteiger partial charge is 0.388 e. The van der Waals surface area contributed by atoms with Crippen LogP contribution in [0.4, 0.5) is 5.00 Å². The van der Waals surface area contributed by atoms with Crippen molar-refractivity contribution in [1.29, 1.82) is 0 Å². The van der Waals surface area contributed by atoms with Gasteiger partial charge in [0.05, 0.1) is 0 Å². The highest BCUT2D eigenvalue weighted by atomic mass is 32.1. The zero-order chi connectivity index (χ0) is 11.7. The lowest BCUT2D eigenvalue weighted by atomic mass is 10.00. The third-order valence-electron chi connectivity index (χ3n) is 3.17. The van der Waals surface area contributed by atoms with Gasteiger partial charge in [-0.05, 0) is 17.5 Å². The molecule has 0 aliphatic carbocycles. The van der Waals surface area contributed by atoms with E-state index in [4.69, 9.17) is 5.73 Å². The van der Waals surface area contributed by atoms with Gasteiger partial charge < -0.3 is 5.73 Å². The number of benzene rings is 1. The molecule has 0 spiro atoms. The summed E-state index contributed by atoms with van der Waals surface area (Å²) in [6.45, 7) is 2.85. The van der Waals surface area contributed by atoms with Crippen LogP contribution in [0.1, 0.15) is 16.8 Å². The van der Waals surface area contributed by atoms with Gasteiger partial charge in [0, 0.05) is 31.2 Å². The average molecular weight is 246 g/mol. The van der Waals surface area contributed by atoms with Crippen molar-refractivity contribution >= 4 is 16.5 Å². The van der Waals surface area contributed by atoms with Gasteiger partial charge in [-0.15, -0.1) is 5.10 Å². The summed E-state index contributed by atoms with van der Waals surface area (Å²) in [5, 5.41) is 4.81. The van der Waals surface area contributed by atoms with E-state index in [9.17, 15) is 0 Å². The highest BCUT2D eigenvalue weighted by Crippen LogP contribution is 2.22. The van der Waals surface area contributed by atoms with E-state index < -0.39 is 0 Å². The SMILES string of the molecule is Nc1snnc1CN1CCc2ccccc2C1. The van der Waals surface area contributed by atoms with Crippen LogP contribution in [0.25, 0.3) is 0 Å². The first kappa shape index (κ1) is 10.7. The second-order valence-electron chi connectivity index (χ2n) is 4.31. The van der Waals surface area contributed by atoms with Crippen molar-refractivity contribution < 1.29 is 0 Å². The molecule has 88 valence electrons. The molecule has 5 heteroatoms. The van der Waals surface area contributed by atoms with Crippen LogP contribution in [-0.4, -0.2) is 21.0 Å². The minimum absolute atomic E-state index is 0.740. The number of anilines is 1. The van der Waals surface area contributed by atoms with Crippen LogP contribution >= 0.6 is 11.5 Å². The first-order chi connectivity index (χ1) is 8.33. The molecule has 1 aromatic heterocycles. The van der Waals surface area contributed by atoms with Crippen molar-refractivity contribution in [3.8, 4) is 0 Å². The maximum atomic E-state index is 5.82. The van der Waals surface area contributed by atoms with Crippen LogP contribution in [0.3, 0.4) is 0 Å². The first-order valence-corrected chi connectivity index (χ1v) is 6.46. The van der Waals surface area contributed by atoms with Crippen LogP contribution in [0, 0.1) is 0 Å². The summed E-state index contributed by atoms with van der Waals surface area (Å²) < 4.78 is 3.87. The van der Waals surface area contributed by atoms with Gasteiger partial charge >= 0.3 is 0 Å². The molecular weight excluding hydrogens is 232 g/mol. The number of nitrogens with zero attached hydrogens (tertiary/aromatic N) is 3. The van der Waals surface area contributed by atoms with Gasteiger partial charge in [0.1, 0.15) is 10.7 Å². The summed E-state index contributed by atoms with van der Waals surface area (Å²) in [5.41, 5.74) is 9.61. The lowest BCUT2D eigenvalue weighted by Gasteiger charge is -2.27. The Morgan fingerprint density at radius 3 is 2.88 bits per heavy atom. The Bertz CT molecular complexity index is 523. The standard InChI is InChI=1S/C12H14N4S/c13-12-11(14-15-17-12)8-16-6-5-9-3-1-2-4-10(9)7-16/h1-4H,5-8,13H2. The van der Waals surface area contributed by atoms with Crippen LogP contribution in [0.5, 0.6) is 0 Å². The van der Waals surface area contributed by atoms with Gasteiger partial charge in [-0.2, -0.15) is 0 Å². The average Bonchev–Trinajstić information content (AvgIpc) is 2.75. The van der Waals surface area contributed by atoms with Crippen molar-refractivity contribution in [2.75, 3.05) is 12.3 Å². The zero-order valence-electron chi connectivity index (χ0n) is 9.47. The first-order valence-electron chi connectivity index (χ1n) is 5.69.